The molecule has 1 unspecified atom stereocenters. The standard InChI is InChI=1S/C16H17ClO4/c1-20-13-6-2-4-11(8-13)15(19)10-21-16-12(9-18)5-3-7-14(16)17/h2-8,15,18-19H,9-10H2,1H3. The lowest BCUT2D eigenvalue weighted by molar-refractivity contribution is 0.106. The molecule has 0 saturated carbocycles. The van der Waals surface area contributed by atoms with Crippen LogP contribution < -0.4 is 9.47 Å². The van der Waals surface area contributed by atoms with Crippen molar-refractivity contribution in [1.82, 2.24) is 0 Å². The summed E-state index contributed by atoms with van der Waals surface area (Å²) in [7, 11) is 1.57. The third-order valence-electron chi connectivity index (χ3n) is 3.08. The summed E-state index contributed by atoms with van der Waals surface area (Å²) in [5.41, 5.74) is 1.27. The van der Waals surface area contributed by atoms with Gasteiger partial charge in [0.05, 0.1) is 18.7 Å². The maximum Gasteiger partial charge on any atom is 0.143 e. The van der Waals surface area contributed by atoms with Crippen LogP contribution in [-0.4, -0.2) is 23.9 Å². The second-order valence-corrected chi connectivity index (χ2v) is 4.90. The Balaban J connectivity index is 2.09. The molecule has 112 valence electrons. The molecule has 0 bridgehead atoms. The van der Waals surface area contributed by atoms with Gasteiger partial charge in [0.15, 0.2) is 0 Å². The Labute approximate surface area is 128 Å². The van der Waals surface area contributed by atoms with Gasteiger partial charge in [0.1, 0.15) is 24.2 Å². The second-order valence-electron chi connectivity index (χ2n) is 4.49. The van der Waals surface area contributed by atoms with E-state index in [0.717, 1.165) is 0 Å². The minimum atomic E-state index is -0.817. The van der Waals surface area contributed by atoms with Crippen molar-refractivity contribution < 1.29 is 19.7 Å². The van der Waals surface area contributed by atoms with E-state index in [1.807, 2.05) is 0 Å². The molecule has 1 atom stereocenters. The number of aliphatic hydroxyl groups is 2. The van der Waals surface area contributed by atoms with Gasteiger partial charge >= 0.3 is 0 Å². The van der Waals surface area contributed by atoms with Crippen LogP contribution in [0.2, 0.25) is 5.02 Å². The van der Waals surface area contributed by atoms with E-state index in [0.29, 0.717) is 27.6 Å². The maximum atomic E-state index is 10.2. The van der Waals surface area contributed by atoms with Crippen LogP contribution in [0, 0.1) is 0 Å². The first kappa shape index (κ1) is 15.6. The molecule has 0 aliphatic heterocycles. The lowest BCUT2D eigenvalue weighted by Gasteiger charge is -2.16. The third kappa shape index (κ3) is 3.88. The smallest absolute Gasteiger partial charge is 0.143 e. The Hall–Kier alpha value is -1.75. The summed E-state index contributed by atoms with van der Waals surface area (Å²) in [5, 5.41) is 19.8. The monoisotopic (exact) mass is 308 g/mol. The van der Waals surface area contributed by atoms with E-state index >= 15 is 0 Å². The van der Waals surface area contributed by atoms with Gasteiger partial charge in [-0.3, -0.25) is 0 Å². The van der Waals surface area contributed by atoms with Crippen LogP contribution in [0.25, 0.3) is 0 Å². The highest BCUT2D eigenvalue weighted by Crippen LogP contribution is 2.30. The highest BCUT2D eigenvalue weighted by atomic mass is 35.5. The van der Waals surface area contributed by atoms with Crippen LogP contribution in [-0.2, 0) is 6.61 Å². The predicted octanol–water partition coefficient (Wildman–Crippen LogP) is 2.95. The van der Waals surface area contributed by atoms with Crippen molar-refractivity contribution in [2.45, 2.75) is 12.7 Å². The van der Waals surface area contributed by atoms with Crippen molar-refractivity contribution in [3.05, 3.63) is 58.6 Å². The van der Waals surface area contributed by atoms with Crippen molar-refractivity contribution in [2.75, 3.05) is 13.7 Å². The molecule has 21 heavy (non-hydrogen) atoms. The molecule has 2 aromatic carbocycles. The lowest BCUT2D eigenvalue weighted by Crippen LogP contribution is -2.11. The van der Waals surface area contributed by atoms with Crippen LogP contribution >= 0.6 is 11.6 Å². The van der Waals surface area contributed by atoms with Gasteiger partial charge in [-0.2, -0.15) is 0 Å². The van der Waals surface area contributed by atoms with Crippen LogP contribution in [0.15, 0.2) is 42.5 Å². The van der Waals surface area contributed by atoms with Crippen LogP contribution in [0.1, 0.15) is 17.2 Å². The van der Waals surface area contributed by atoms with Gasteiger partial charge in [-0.25, -0.2) is 0 Å². The normalized spacial score (nSPS) is 12.0. The van der Waals surface area contributed by atoms with Crippen molar-refractivity contribution in [1.29, 1.82) is 0 Å². The minimum absolute atomic E-state index is 0.0316. The van der Waals surface area contributed by atoms with E-state index in [2.05, 4.69) is 0 Å². The first-order chi connectivity index (χ1) is 10.2. The molecule has 0 aliphatic carbocycles. The van der Waals surface area contributed by atoms with Gasteiger partial charge in [-0.15, -0.1) is 0 Å². The minimum Gasteiger partial charge on any atom is -0.497 e. The van der Waals surface area contributed by atoms with Crippen LogP contribution in [0.4, 0.5) is 0 Å². The molecule has 2 aromatic rings. The van der Waals surface area contributed by atoms with E-state index in [1.54, 1.807) is 49.6 Å². The number of rotatable bonds is 6. The van der Waals surface area contributed by atoms with Crippen molar-refractivity contribution in [2.24, 2.45) is 0 Å². The zero-order valence-corrected chi connectivity index (χ0v) is 12.4. The summed E-state index contributed by atoms with van der Waals surface area (Å²) in [6.07, 6.45) is -0.817. The molecule has 0 fully saturated rings. The second kappa shape index (κ2) is 7.31. The lowest BCUT2D eigenvalue weighted by atomic mass is 10.1. The Morgan fingerprint density at radius 3 is 2.67 bits per heavy atom. The molecule has 2 rings (SSSR count). The van der Waals surface area contributed by atoms with Gasteiger partial charge < -0.3 is 19.7 Å². The van der Waals surface area contributed by atoms with Crippen LogP contribution in [0.3, 0.4) is 0 Å². The van der Waals surface area contributed by atoms with Gasteiger partial charge in [-0.05, 0) is 23.8 Å². The summed E-state index contributed by atoms with van der Waals surface area (Å²) in [5.74, 6) is 1.06. The molecule has 0 spiro atoms. The van der Waals surface area contributed by atoms with Crippen molar-refractivity contribution >= 4 is 11.6 Å². The van der Waals surface area contributed by atoms with Gasteiger partial charge in [-0.1, -0.05) is 35.9 Å². The van der Waals surface area contributed by atoms with Crippen molar-refractivity contribution in [3.8, 4) is 11.5 Å². The van der Waals surface area contributed by atoms with E-state index < -0.39 is 6.10 Å². The number of para-hydroxylation sites is 1. The number of methoxy groups -OCH3 is 1. The molecule has 0 aliphatic rings. The third-order valence-corrected chi connectivity index (χ3v) is 3.38. The Morgan fingerprint density at radius 2 is 1.95 bits per heavy atom. The van der Waals surface area contributed by atoms with E-state index in [1.165, 1.54) is 0 Å². The van der Waals surface area contributed by atoms with Gasteiger partial charge in [0, 0.05) is 5.56 Å². The topological polar surface area (TPSA) is 58.9 Å². The number of hydrogen-bond donors (Lipinski definition) is 2. The maximum absolute atomic E-state index is 10.2. The number of aliphatic hydroxyl groups excluding tert-OH is 2. The molecule has 2 N–H and O–H groups in total. The molecular weight excluding hydrogens is 292 g/mol. The number of hydrogen-bond acceptors (Lipinski definition) is 4. The summed E-state index contributed by atoms with van der Waals surface area (Å²) < 4.78 is 10.7. The van der Waals surface area contributed by atoms with Gasteiger partial charge in [0.25, 0.3) is 0 Å². The quantitative estimate of drug-likeness (QED) is 0.861. The zero-order chi connectivity index (χ0) is 15.2. The number of ether oxygens (including phenoxy) is 2. The Morgan fingerprint density at radius 1 is 1.19 bits per heavy atom. The molecule has 0 aromatic heterocycles. The fourth-order valence-electron chi connectivity index (χ4n) is 1.95. The van der Waals surface area contributed by atoms with E-state index in [4.69, 9.17) is 21.1 Å². The molecule has 4 nitrogen and oxygen atoms in total. The van der Waals surface area contributed by atoms with E-state index in [-0.39, 0.29) is 13.2 Å². The summed E-state index contributed by atoms with van der Waals surface area (Å²) in [6.45, 7) is -0.144. The summed E-state index contributed by atoms with van der Waals surface area (Å²) >= 11 is 6.05. The van der Waals surface area contributed by atoms with E-state index in [9.17, 15) is 10.2 Å². The highest BCUT2D eigenvalue weighted by Gasteiger charge is 2.13. The zero-order valence-electron chi connectivity index (χ0n) is 11.6. The van der Waals surface area contributed by atoms with Gasteiger partial charge in [0.2, 0.25) is 0 Å². The Bertz CT molecular complexity index is 601. The average Bonchev–Trinajstić information content (AvgIpc) is 2.53. The molecular formula is C16H17ClO4. The fourth-order valence-corrected chi connectivity index (χ4v) is 2.20. The van der Waals surface area contributed by atoms with Crippen molar-refractivity contribution in [3.63, 3.8) is 0 Å². The molecule has 5 heteroatoms. The first-order valence-corrected chi connectivity index (χ1v) is 6.86. The van der Waals surface area contributed by atoms with Crippen LogP contribution in [0.5, 0.6) is 11.5 Å². The molecule has 0 radical (unpaired) electrons. The largest absolute Gasteiger partial charge is 0.497 e. The first-order valence-electron chi connectivity index (χ1n) is 6.48. The molecule has 0 heterocycles. The average molecular weight is 309 g/mol. The molecule has 0 amide bonds. The highest BCUT2D eigenvalue weighted by molar-refractivity contribution is 6.32. The molecule has 0 saturated heterocycles. The SMILES string of the molecule is COc1cccc(C(O)COc2c(Cl)cccc2CO)c1. The number of halogens is 1. The number of benzene rings is 2. The Kier molecular flexibility index (Phi) is 5.44. The fraction of sp³-hybridized carbons (Fsp3) is 0.250. The predicted molar refractivity (Wildman–Crippen MR) is 80.8 cm³/mol. The summed E-state index contributed by atoms with van der Waals surface area (Å²) in [6, 6.07) is 12.3. The summed E-state index contributed by atoms with van der Waals surface area (Å²) in [4.78, 5) is 0.